The maximum Gasteiger partial charge on any atom is 0.240 e. The molecule has 0 amide bonds. The van der Waals surface area contributed by atoms with Crippen LogP contribution in [0.5, 0.6) is 0 Å². The molecule has 5 heteroatoms. The Kier molecular flexibility index (Phi) is 2.51. The van der Waals surface area contributed by atoms with Gasteiger partial charge in [-0.2, -0.15) is 4.98 Å². The van der Waals surface area contributed by atoms with Crippen LogP contribution in [0.3, 0.4) is 0 Å². The Morgan fingerprint density at radius 1 is 1.36 bits per heavy atom. The Balaban J connectivity index is 2.11. The molecule has 5 nitrogen and oxygen atoms in total. The Morgan fingerprint density at radius 2 is 2.29 bits per heavy atom. The molecule has 2 aromatic heterocycles. The number of hydrogen-bond donors (Lipinski definition) is 1. The molecule has 72 valence electrons. The monoisotopic (exact) mass is 190 g/mol. The SMILES string of the molecule is NCc1nc(Cc2ccccn2)no1. The minimum Gasteiger partial charge on any atom is -0.338 e. The lowest BCUT2D eigenvalue weighted by molar-refractivity contribution is 0.375. The normalized spacial score (nSPS) is 10.4. The Bertz CT molecular complexity index is 398. The van der Waals surface area contributed by atoms with Crippen molar-refractivity contribution >= 4 is 0 Å². The number of aromatic nitrogens is 3. The third kappa shape index (κ3) is 1.94. The van der Waals surface area contributed by atoms with Crippen LogP contribution in [0.1, 0.15) is 17.4 Å². The van der Waals surface area contributed by atoms with Gasteiger partial charge in [-0.1, -0.05) is 11.2 Å². The lowest BCUT2D eigenvalue weighted by Crippen LogP contribution is -1.97. The van der Waals surface area contributed by atoms with Crippen LogP contribution in [0.25, 0.3) is 0 Å². The molecule has 2 aromatic rings. The maximum absolute atomic E-state index is 5.34. The smallest absolute Gasteiger partial charge is 0.240 e. The molecule has 0 aliphatic heterocycles. The highest BCUT2D eigenvalue weighted by molar-refractivity contribution is 5.08. The number of nitrogens with two attached hydrogens (primary N) is 1. The van der Waals surface area contributed by atoms with Gasteiger partial charge in [-0.3, -0.25) is 4.98 Å². The molecule has 2 rings (SSSR count). The predicted octanol–water partition coefficient (Wildman–Crippen LogP) is 0.514. The molecule has 0 spiro atoms. The molecular formula is C9H10N4O. The molecule has 2 heterocycles. The lowest BCUT2D eigenvalue weighted by Gasteiger charge is -1.92. The maximum atomic E-state index is 5.34. The second-order valence-electron chi connectivity index (χ2n) is 2.81. The first kappa shape index (κ1) is 8.83. The quantitative estimate of drug-likeness (QED) is 0.763. The highest BCUT2D eigenvalue weighted by atomic mass is 16.5. The fraction of sp³-hybridized carbons (Fsp3) is 0.222. The first-order valence-corrected chi connectivity index (χ1v) is 4.30. The molecule has 0 aromatic carbocycles. The molecule has 0 saturated carbocycles. The number of hydrogen-bond acceptors (Lipinski definition) is 5. The molecule has 0 aliphatic carbocycles. The van der Waals surface area contributed by atoms with Crippen LogP contribution >= 0.6 is 0 Å². The molecule has 2 N–H and O–H groups in total. The third-order valence-corrected chi connectivity index (χ3v) is 1.75. The van der Waals surface area contributed by atoms with Gasteiger partial charge in [0.15, 0.2) is 5.82 Å². The van der Waals surface area contributed by atoms with E-state index < -0.39 is 0 Å². The van der Waals surface area contributed by atoms with Crippen molar-refractivity contribution in [3.63, 3.8) is 0 Å². The topological polar surface area (TPSA) is 77.8 Å². The minimum absolute atomic E-state index is 0.273. The van der Waals surface area contributed by atoms with Crippen LogP contribution in [0.4, 0.5) is 0 Å². The first-order chi connectivity index (χ1) is 6.88. The van der Waals surface area contributed by atoms with Crippen LogP contribution in [-0.2, 0) is 13.0 Å². The number of nitrogens with zero attached hydrogens (tertiary/aromatic N) is 3. The Hall–Kier alpha value is -1.75. The van der Waals surface area contributed by atoms with E-state index in [2.05, 4.69) is 15.1 Å². The van der Waals surface area contributed by atoms with E-state index in [0.717, 1.165) is 5.69 Å². The van der Waals surface area contributed by atoms with Gasteiger partial charge in [0.2, 0.25) is 5.89 Å². The van der Waals surface area contributed by atoms with Gasteiger partial charge in [-0.15, -0.1) is 0 Å². The largest absolute Gasteiger partial charge is 0.338 e. The van der Waals surface area contributed by atoms with E-state index in [9.17, 15) is 0 Å². The Morgan fingerprint density at radius 3 is 2.93 bits per heavy atom. The summed E-state index contributed by atoms with van der Waals surface area (Å²) in [6, 6.07) is 5.70. The minimum atomic E-state index is 0.273. The summed E-state index contributed by atoms with van der Waals surface area (Å²) in [6.07, 6.45) is 2.31. The fourth-order valence-electron chi connectivity index (χ4n) is 1.11. The second-order valence-corrected chi connectivity index (χ2v) is 2.81. The summed E-state index contributed by atoms with van der Waals surface area (Å²) >= 11 is 0. The highest BCUT2D eigenvalue weighted by Gasteiger charge is 2.05. The van der Waals surface area contributed by atoms with Crippen LogP contribution in [-0.4, -0.2) is 15.1 Å². The lowest BCUT2D eigenvalue weighted by atomic mass is 10.3. The van der Waals surface area contributed by atoms with Crippen molar-refractivity contribution in [2.24, 2.45) is 5.73 Å². The molecule has 0 aliphatic rings. The third-order valence-electron chi connectivity index (χ3n) is 1.75. The van der Waals surface area contributed by atoms with E-state index in [4.69, 9.17) is 10.3 Å². The van der Waals surface area contributed by atoms with Crippen LogP contribution in [0.2, 0.25) is 0 Å². The summed E-state index contributed by atoms with van der Waals surface area (Å²) in [4.78, 5) is 8.24. The summed E-state index contributed by atoms with van der Waals surface area (Å²) in [6.45, 7) is 0.273. The van der Waals surface area contributed by atoms with E-state index in [1.54, 1.807) is 6.20 Å². The summed E-state index contributed by atoms with van der Waals surface area (Å²) in [7, 11) is 0. The molecule has 0 fully saturated rings. The average molecular weight is 190 g/mol. The van der Waals surface area contributed by atoms with Gasteiger partial charge in [0, 0.05) is 11.9 Å². The van der Waals surface area contributed by atoms with Gasteiger partial charge in [0.05, 0.1) is 13.0 Å². The predicted molar refractivity (Wildman–Crippen MR) is 49.2 cm³/mol. The number of pyridine rings is 1. The highest BCUT2D eigenvalue weighted by Crippen LogP contribution is 2.03. The van der Waals surface area contributed by atoms with Crippen molar-refractivity contribution in [3.05, 3.63) is 41.8 Å². The summed E-state index contributed by atoms with van der Waals surface area (Å²) < 4.78 is 4.87. The van der Waals surface area contributed by atoms with Crippen LogP contribution < -0.4 is 5.73 Å². The molecule has 0 atom stereocenters. The summed E-state index contributed by atoms with van der Waals surface area (Å²) in [5, 5.41) is 3.78. The number of rotatable bonds is 3. The van der Waals surface area contributed by atoms with E-state index in [-0.39, 0.29) is 6.54 Å². The van der Waals surface area contributed by atoms with Crippen LogP contribution in [0.15, 0.2) is 28.9 Å². The summed E-state index contributed by atoms with van der Waals surface area (Å²) in [5.41, 5.74) is 6.26. The van der Waals surface area contributed by atoms with Gasteiger partial charge in [-0.25, -0.2) is 0 Å². The van der Waals surface area contributed by atoms with E-state index in [0.29, 0.717) is 18.1 Å². The van der Waals surface area contributed by atoms with Crippen molar-refractivity contribution < 1.29 is 4.52 Å². The van der Waals surface area contributed by atoms with Gasteiger partial charge in [0.25, 0.3) is 0 Å². The molecule has 0 bridgehead atoms. The molecule has 0 saturated heterocycles. The van der Waals surface area contributed by atoms with Crippen molar-refractivity contribution in [1.82, 2.24) is 15.1 Å². The zero-order valence-corrected chi connectivity index (χ0v) is 7.55. The van der Waals surface area contributed by atoms with Gasteiger partial charge < -0.3 is 10.3 Å². The standard InChI is InChI=1S/C9H10N4O/c10-6-9-12-8(13-14-9)5-7-3-1-2-4-11-7/h1-4H,5-6,10H2. The zero-order valence-electron chi connectivity index (χ0n) is 7.55. The van der Waals surface area contributed by atoms with Crippen LogP contribution in [0, 0.1) is 0 Å². The van der Waals surface area contributed by atoms with Gasteiger partial charge >= 0.3 is 0 Å². The van der Waals surface area contributed by atoms with Gasteiger partial charge in [-0.05, 0) is 12.1 Å². The van der Waals surface area contributed by atoms with Crippen molar-refractivity contribution in [1.29, 1.82) is 0 Å². The molecule has 0 unspecified atom stereocenters. The molecular weight excluding hydrogens is 180 g/mol. The van der Waals surface area contributed by atoms with E-state index >= 15 is 0 Å². The van der Waals surface area contributed by atoms with E-state index in [1.165, 1.54) is 0 Å². The van der Waals surface area contributed by atoms with E-state index in [1.807, 2.05) is 18.2 Å². The van der Waals surface area contributed by atoms with Gasteiger partial charge in [0.1, 0.15) is 0 Å². The average Bonchev–Trinajstić information content (AvgIpc) is 2.67. The Labute approximate surface area is 81.0 Å². The second kappa shape index (κ2) is 3.97. The fourth-order valence-corrected chi connectivity index (χ4v) is 1.11. The zero-order chi connectivity index (χ0) is 9.80. The van der Waals surface area contributed by atoms with Crippen molar-refractivity contribution in [2.45, 2.75) is 13.0 Å². The summed E-state index contributed by atoms with van der Waals surface area (Å²) in [5.74, 6) is 1.07. The van der Waals surface area contributed by atoms with Crippen molar-refractivity contribution in [3.8, 4) is 0 Å². The molecule has 0 radical (unpaired) electrons. The molecule has 14 heavy (non-hydrogen) atoms. The first-order valence-electron chi connectivity index (χ1n) is 4.30. The van der Waals surface area contributed by atoms with Crippen molar-refractivity contribution in [2.75, 3.05) is 0 Å².